The van der Waals surface area contributed by atoms with Gasteiger partial charge in [0.2, 0.25) is 0 Å². The minimum Gasteiger partial charge on any atom is -0.467 e. The van der Waals surface area contributed by atoms with Crippen molar-refractivity contribution in [1.29, 1.82) is 0 Å². The van der Waals surface area contributed by atoms with Crippen LogP contribution in [0.1, 0.15) is 16.7 Å². The zero-order valence-corrected chi connectivity index (χ0v) is 10.4. The molecular weight excluding hydrogens is 263 g/mol. The van der Waals surface area contributed by atoms with Gasteiger partial charge in [-0.05, 0) is 24.1 Å². The molecular formula is C12H14F3NO3. The molecule has 1 rings (SSSR count). The highest BCUT2D eigenvalue weighted by atomic mass is 19.4. The maximum Gasteiger partial charge on any atom is 0.418 e. The number of nitrogens with two attached hydrogens (primary N) is 1. The van der Waals surface area contributed by atoms with Gasteiger partial charge in [0, 0.05) is 12.1 Å². The summed E-state index contributed by atoms with van der Waals surface area (Å²) in [6.07, 6.45) is -6.35. The number of rotatable bonds is 3. The van der Waals surface area contributed by atoms with Gasteiger partial charge in [0.15, 0.2) is 6.10 Å². The minimum atomic E-state index is -4.58. The van der Waals surface area contributed by atoms with Crippen LogP contribution in [0, 0.1) is 6.92 Å². The number of esters is 1. The van der Waals surface area contributed by atoms with Crippen LogP contribution >= 0.6 is 0 Å². The van der Waals surface area contributed by atoms with E-state index in [1.54, 1.807) is 0 Å². The number of hydrogen-bond donors (Lipinski definition) is 2. The van der Waals surface area contributed by atoms with E-state index in [-0.39, 0.29) is 23.2 Å². The topological polar surface area (TPSA) is 72.5 Å². The van der Waals surface area contributed by atoms with Crippen molar-refractivity contribution in [2.24, 2.45) is 0 Å². The first kappa shape index (κ1) is 15.3. The quantitative estimate of drug-likeness (QED) is 0.651. The molecule has 0 fully saturated rings. The number of nitrogen functional groups attached to an aromatic ring is 1. The summed E-state index contributed by atoms with van der Waals surface area (Å²) in [7, 11) is 1.08. The molecule has 0 saturated heterocycles. The molecule has 0 bridgehead atoms. The van der Waals surface area contributed by atoms with E-state index in [0.29, 0.717) is 0 Å². The fourth-order valence-electron chi connectivity index (χ4n) is 1.67. The van der Waals surface area contributed by atoms with E-state index in [1.807, 2.05) is 0 Å². The summed E-state index contributed by atoms with van der Waals surface area (Å²) in [5.41, 5.74) is 4.45. The number of aliphatic hydroxyl groups excluding tert-OH is 1. The monoisotopic (exact) mass is 277 g/mol. The Kier molecular flexibility index (Phi) is 4.41. The number of halogens is 3. The van der Waals surface area contributed by atoms with Crippen LogP contribution in [0.5, 0.6) is 0 Å². The second kappa shape index (κ2) is 5.48. The van der Waals surface area contributed by atoms with Gasteiger partial charge in [0.25, 0.3) is 0 Å². The van der Waals surface area contributed by atoms with Crippen LogP contribution in [0.3, 0.4) is 0 Å². The van der Waals surface area contributed by atoms with Gasteiger partial charge < -0.3 is 15.6 Å². The summed E-state index contributed by atoms with van der Waals surface area (Å²) in [5.74, 6) is -0.900. The standard InChI is InChI=1S/C12H14F3NO3/c1-6-3-7(5-9(17)11(18)19-2)4-8(10(6)16)12(13,14)15/h3-4,9,17H,5,16H2,1-2H3. The Hall–Kier alpha value is -1.76. The molecule has 0 amide bonds. The number of hydrogen-bond acceptors (Lipinski definition) is 4. The van der Waals surface area contributed by atoms with Crippen molar-refractivity contribution < 1.29 is 27.8 Å². The van der Waals surface area contributed by atoms with Crippen molar-refractivity contribution in [3.8, 4) is 0 Å². The summed E-state index contributed by atoms with van der Waals surface area (Å²) in [5, 5.41) is 9.44. The van der Waals surface area contributed by atoms with Gasteiger partial charge in [-0.15, -0.1) is 0 Å². The molecule has 1 aromatic rings. The van der Waals surface area contributed by atoms with E-state index >= 15 is 0 Å². The van der Waals surface area contributed by atoms with Crippen molar-refractivity contribution in [3.63, 3.8) is 0 Å². The predicted octanol–water partition coefficient (Wildman–Crippen LogP) is 1.67. The van der Waals surface area contributed by atoms with Crippen molar-refractivity contribution in [2.45, 2.75) is 25.6 Å². The van der Waals surface area contributed by atoms with Crippen molar-refractivity contribution in [2.75, 3.05) is 12.8 Å². The molecule has 0 aliphatic heterocycles. The van der Waals surface area contributed by atoms with E-state index < -0.39 is 23.8 Å². The Labute approximate surface area is 108 Å². The number of benzene rings is 1. The van der Waals surface area contributed by atoms with Crippen LogP contribution in [-0.4, -0.2) is 24.3 Å². The lowest BCUT2D eigenvalue weighted by Gasteiger charge is -2.15. The minimum absolute atomic E-state index is 0.164. The Morgan fingerprint density at radius 1 is 1.47 bits per heavy atom. The molecule has 3 N–H and O–H groups in total. The third kappa shape index (κ3) is 3.60. The number of ether oxygens (including phenoxy) is 1. The Balaban J connectivity index is 3.11. The normalized spacial score (nSPS) is 13.2. The number of carbonyl (C=O) groups is 1. The molecule has 106 valence electrons. The van der Waals surface area contributed by atoms with Crippen molar-refractivity contribution in [1.82, 2.24) is 0 Å². The zero-order chi connectivity index (χ0) is 14.8. The van der Waals surface area contributed by atoms with Crippen LogP contribution in [-0.2, 0) is 22.1 Å². The average Bonchev–Trinajstić information content (AvgIpc) is 2.30. The Morgan fingerprint density at radius 2 is 2.05 bits per heavy atom. The highest BCUT2D eigenvalue weighted by Crippen LogP contribution is 2.36. The number of carbonyl (C=O) groups excluding carboxylic acids is 1. The summed E-state index contributed by atoms with van der Waals surface area (Å²) in [4.78, 5) is 11.0. The van der Waals surface area contributed by atoms with Crippen LogP contribution < -0.4 is 5.73 Å². The molecule has 0 aromatic heterocycles. The van der Waals surface area contributed by atoms with Gasteiger partial charge in [-0.3, -0.25) is 0 Å². The lowest BCUT2D eigenvalue weighted by Crippen LogP contribution is -2.24. The molecule has 1 unspecified atom stereocenters. The third-order valence-corrected chi connectivity index (χ3v) is 2.65. The lowest BCUT2D eigenvalue weighted by atomic mass is 9.99. The second-order valence-electron chi connectivity index (χ2n) is 4.11. The maximum absolute atomic E-state index is 12.7. The first-order chi connectivity index (χ1) is 8.66. The average molecular weight is 277 g/mol. The molecule has 1 aromatic carbocycles. The third-order valence-electron chi connectivity index (χ3n) is 2.65. The summed E-state index contributed by atoms with van der Waals surface area (Å²) in [6.45, 7) is 1.43. The first-order valence-corrected chi connectivity index (χ1v) is 5.39. The highest BCUT2D eigenvalue weighted by Gasteiger charge is 2.34. The number of methoxy groups -OCH3 is 1. The predicted molar refractivity (Wildman–Crippen MR) is 62.3 cm³/mol. The smallest absolute Gasteiger partial charge is 0.418 e. The highest BCUT2D eigenvalue weighted by molar-refractivity contribution is 5.74. The van der Waals surface area contributed by atoms with Gasteiger partial charge >= 0.3 is 12.1 Å². The largest absolute Gasteiger partial charge is 0.467 e. The zero-order valence-electron chi connectivity index (χ0n) is 10.4. The number of aliphatic hydroxyl groups is 1. The molecule has 1 atom stereocenters. The summed E-state index contributed by atoms with van der Waals surface area (Å²) < 4.78 is 42.5. The van der Waals surface area contributed by atoms with Crippen LogP contribution in [0.25, 0.3) is 0 Å². The summed E-state index contributed by atoms with van der Waals surface area (Å²) >= 11 is 0. The van der Waals surface area contributed by atoms with Crippen LogP contribution in [0.4, 0.5) is 18.9 Å². The van der Waals surface area contributed by atoms with E-state index in [9.17, 15) is 23.1 Å². The van der Waals surface area contributed by atoms with E-state index in [0.717, 1.165) is 13.2 Å². The van der Waals surface area contributed by atoms with Gasteiger partial charge in [0.05, 0.1) is 12.7 Å². The number of aryl methyl sites for hydroxylation is 1. The molecule has 7 heteroatoms. The summed E-state index contributed by atoms with van der Waals surface area (Å²) in [6, 6.07) is 2.23. The fraction of sp³-hybridized carbons (Fsp3) is 0.417. The number of alkyl halides is 3. The van der Waals surface area contributed by atoms with Crippen LogP contribution in [0.2, 0.25) is 0 Å². The molecule has 0 saturated carbocycles. The molecule has 0 radical (unpaired) electrons. The molecule has 0 aliphatic rings. The van der Waals surface area contributed by atoms with Crippen molar-refractivity contribution in [3.05, 3.63) is 28.8 Å². The van der Waals surface area contributed by atoms with Gasteiger partial charge in [-0.1, -0.05) is 6.07 Å². The molecule has 0 aliphatic carbocycles. The number of anilines is 1. The van der Waals surface area contributed by atoms with Gasteiger partial charge in [-0.2, -0.15) is 13.2 Å². The fourth-order valence-corrected chi connectivity index (χ4v) is 1.67. The molecule has 4 nitrogen and oxygen atoms in total. The molecule has 19 heavy (non-hydrogen) atoms. The van der Waals surface area contributed by atoms with E-state index in [4.69, 9.17) is 5.73 Å². The first-order valence-electron chi connectivity index (χ1n) is 5.39. The van der Waals surface area contributed by atoms with E-state index in [2.05, 4.69) is 4.74 Å². The van der Waals surface area contributed by atoms with Gasteiger partial charge in [0.1, 0.15) is 0 Å². The Bertz CT molecular complexity index is 486. The van der Waals surface area contributed by atoms with E-state index in [1.165, 1.54) is 13.0 Å². The SMILES string of the molecule is COC(=O)C(O)Cc1cc(C)c(N)c(C(F)(F)F)c1. The lowest BCUT2D eigenvalue weighted by molar-refractivity contribution is -0.150. The van der Waals surface area contributed by atoms with Crippen LogP contribution in [0.15, 0.2) is 12.1 Å². The van der Waals surface area contributed by atoms with Crippen molar-refractivity contribution >= 4 is 11.7 Å². The Morgan fingerprint density at radius 3 is 2.53 bits per heavy atom. The maximum atomic E-state index is 12.7. The van der Waals surface area contributed by atoms with Gasteiger partial charge in [-0.25, -0.2) is 4.79 Å². The molecule has 0 heterocycles. The second-order valence-corrected chi connectivity index (χ2v) is 4.11. The molecule has 0 spiro atoms.